The first-order valence-electron chi connectivity index (χ1n) is 7.32. The topological polar surface area (TPSA) is 49.6 Å². The Morgan fingerprint density at radius 2 is 2.00 bits per heavy atom. The highest BCUT2D eigenvalue weighted by Crippen LogP contribution is 2.18. The maximum absolute atomic E-state index is 12.3. The summed E-state index contributed by atoms with van der Waals surface area (Å²) in [7, 11) is 0. The Morgan fingerprint density at radius 3 is 2.64 bits per heavy atom. The summed E-state index contributed by atoms with van der Waals surface area (Å²) in [4.78, 5) is 16.4. The number of hydrogen-bond donors (Lipinski definition) is 0. The largest absolute Gasteiger partial charge is 0.361 e. The van der Waals surface area contributed by atoms with Crippen LogP contribution in [0.2, 0.25) is 5.02 Å². The Hall–Kier alpha value is -1.85. The average molecular weight is 320 g/mol. The first-order valence-corrected chi connectivity index (χ1v) is 7.69. The molecule has 1 aliphatic heterocycles. The van der Waals surface area contributed by atoms with E-state index < -0.39 is 0 Å². The maximum atomic E-state index is 12.3. The number of amides is 1. The van der Waals surface area contributed by atoms with Gasteiger partial charge < -0.3 is 9.42 Å². The smallest absolute Gasteiger partial charge is 0.276 e. The van der Waals surface area contributed by atoms with Gasteiger partial charge in [-0.2, -0.15) is 0 Å². The molecule has 2 heterocycles. The van der Waals surface area contributed by atoms with E-state index in [-0.39, 0.29) is 5.91 Å². The van der Waals surface area contributed by atoms with Crippen molar-refractivity contribution in [3.8, 4) is 0 Å². The molecule has 0 bridgehead atoms. The predicted molar refractivity (Wildman–Crippen MR) is 83.9 cm³/mol. The van der Waals surface area contributed by atoms with Gasteiger partial charge in [-0.25, -0.2) is 0 Å². The van der Waals surface area contributed by atoms with Crippen LogP contribution in [0.1, 0.15) is 21.8 Å². The number of aromatic nitrogens is 1. The number of rotatable bonds is 3. The quantitative estimate of drug-likeness (QED) is 0.872. The number of nitrogens with zero attached hydrogens (tertiary/aromatic N) is 3. The van der Waals surface area contributed by atoms with E-state index >= 15 is 0 Å². The molecule has 0 saturated carbocycles. The maximum Gasteiger partial charge on any atom is 0.276 e. The lowest BCUT2D eigenvalue weighted by atomic mass is 10.2. The van der Waals surface area contributed by atoms with Gasteiger partial charge in [0.1, 0.15) is 5.76 Å². The fourth-order valence-electron chi connectivity index (χ4n) is 2.61. The molecule has 1 aliphatic rings. The molecule has 0 spiro atoms. The van der Waals surface area contributed by atoms with Gasteiger partial charge in [0, 0.05) is 43.8 Å². The van der Waals surface area contributed by atoms with E-state index in [2.05, 4.69) is 10.1 Å². The number of carbonyl (C=O) groups is 1. The van der Waals surface area contributed by atoms with Gasteiger partial charge in [0.15, 0.2) is 5.69 Å². The number of aryl methyl sites for hydroxylation is 1. The molecule has 1 aromatic carbocycles. The zero-order valence-corrected chi connectivity index (χ0v) is 13.2. The summed E-state index contributed by atoms with van der Waals surface area (Å²) in [5, 5.41) is 4.58. The number of hydrogen-bond acceptors (Lipinski definition) is 4. The Bertz CT molecular complexity index is 663. The van der Waals surface area contributed by atoms with Gasteiger partial charge in [-0.3, -0.25) is 9.69 Å². The van der Waals surface area contributed by atoms with Gasteiger partial charge in [0.05, 0.1) is 0 Å². The SMILES string of the molecule is Cc1cc(C(=O)N2CCN(Cc3ccccc3Cl)CC2)no1. The van der Waals surface area contributed by atoms with Crippen LogP contribution in [0.5, 0.6) is 0 Å². The summed E-state index contributed by atoms with van der Waals surface area (Å²) in [6, 6.07) is 9.55. The van der Waals surface area contributed by atoms with E-state index in [0.29, 0.717) is 24.5 Å². The van der Waals surface area contributed by atoms with Crippen molar-refractivity contribution in [1.29, 1.82) is 0 Å². The second-order valence-electron chi connectivity index (χ2n) is 5.48. The molecule has 0 N–H and O–H groups in total. The van der Waals surface area contributed by atoms with E-state index in [1.54, 1.807) is 13.0 Å². The third-order valence-corrected chi connectivity index (χ3v) is 4.23. The zero-order valence-electron chi connectivity index (χ0n) is 12.5. The Balaban J connectivity index is 1.56. The highest BCUT2D eigenvalue weighted by atomic mass is 35.5. The molecule has 1 amide bonds. The summed E-state index contributed by atoms with van der Waals surface area (Å²) in [6.45, 7) is 5.63. The van der Waals surface area contributed by atoms with Crippen LogP contribution < -0.4 is 0 Å². The molecule has 2 aromatic rings. The fraction of sp³-hybridized carbons (Fsp3) is 0.375. The summed E-state index contributed by atoms with van der Waals surface area (Å²) >= 11 is 6.20. The van der Waals surface area contributed by atoms with Crippen LogP contribution in [0.15, 0.2) is 34.9 Å². The van der Waals surface area contributed by atoms with Gasteiger partial charge in [-0.05, 0) is 18.6 Å². The van der Waals surface area contributed by atoms with Gasteiger partial charge >= 0.3 is 0 Å². The van der Waals surface area contributed by atoms with Crippen LogP contribution in [0.3, 0.4) is 0 Å². The van der Waals surface area contributed by atoms with Crippen LogP contribution in [0.4, 0.5) is 0 Å². The highest BCUT2D eigenvalue weighted by molar-refractivity contribution is 6.31. The van der Waals surface area contributed by atoms with Gasteiger partial charge in [0.2, 0.25) is 0 Å². The molecule has 0 unspecified atom stereocenters. The molecular formula is C16H18ClN3O2. The van der Waals surface area contributed by atoms with E-state index in [0.717, 1.165) is 30.2 Å². The van der Waals surface area contributed by atoms with Crippen LogP contribution >= 0.6 is 11.6 Å². The molecule has 1 fully saturated rings. The molecule has 1 saturated heterocycles. The van der Waals surface area contributed by atoms with E-state index in [4.69, 9.17) is 16.1 Å². The third-order valence-electron chi connectivity index (χ3n) is 3.86. The molecule has 22 heavy (non-hydrogen) atoms. The summed E-state index contributed by atoms with van der Waals surface area (Å²) in [5.41, 5.74) is 1.51. The van der Waals surface area contributed by atoms with Gasteiger partial charge in [-0.15, -0.1) is 0 Å². The number of benzene rings is 1. The predicted octanol–water partition coefficient (Wildman–Crippen LogP) is 2.59. The molecule has 0 radical (unpaired) electrons. The summed E-state index contributed by atoms with van der Waals surface area (Å²) in [6.07, 6.45) is 0. The summed E-state index contributed by atoms with van der Waals surface area (Å²) in [5.74, 6) is 0.593. The van der Waals surface area contributed by atoms with Crippen molar-refractivity contribution in [2.75, 3.05) is 26.2 Å². The molecule has 1 aromatic heterocycles. The fourth-order valence-corrected chi connectivity index (χ4v) is 2.80. The lowest BCUT2D eigenvalue weighted by molar-refractivity contribution is 0.0618. The molecule has 6 heteroatoms. The zero-order chi connectivity index (χ0) is 15.5. The van der Waals surface area contributed by atoms with Crippen molar-refractivity contribution in [3.63, 3.8) is 0 Å². The number of halogens is 1. The van der Waals surface area contributed by atoms with Crippen LogP contribution in [-0.4, -0.2) is 47.0 Å². The Morgan fingerprint density at radius 1 is 1.27 bits per heavy atom. The van der Waals surface area contributed by atoms with Crippen molar-refractivity contribution in [3.05, 3.63) is 52.4 Å². The van der Waals surface area contributed by atoms with Crippen LogP contribution in [-0.2, 0) is 6.54 Å². The van der Waals surface area contributed by atoms with Crippen LogP contribution in [0, 0.1) is 6.92 Å². The van der Waals surface area contributed by atoms with E-state index in [9.17, 15) is 4.79 Å². The average Bonchev–Trinajstić information content (AvgIpc) is 2.96. The lowest BCUT2D eigenvalue weighted by Crippen LogP contribution is -2.48. The third kappa shape index (κ3) is 3.31. The molecule has 3 rings (SSSR count). The Labute approximate surface area is 134 Å². The van der Waals surface area contributed by atoms with Crippen molar-refractivity contribution in [2.24, 2.45) is 0 Å². The number of piperazine rings is 1. The minimum Gasteiger partial charge on any atom is -0.361 e. The molecule has 116 valence electrons. The first kappa shape index (κ1) is 15.1. The second-order valence-corrected chi connectivity index (χ2v) is 5.89. The molecule has 5 nitrogen and oxygen atoms in total. The number of carbonyl (C=O) groups excluding carboxylic acids is 1. The van der Waals surface area contributed by atoms with E-state index in [1.165, 1.54) is 0 Å². The minimum atomic E-state index is -0.0609. The normalized spacial score (nSPS) is 16.0. The van der Waals surface area contributed by atoms with Crippen molar-refractivity contribution < 1.29 is 9.32 Å². The van der Waals surface area contributed by atoms with E-state index in [1.807, 2.05) is 29.2 Å². The van der Waals surface area contributed by atoms with Crippen LogP contribution in [0.25, 0.3) is 0 Å². The standard InChI is InChI=1S/C16H18ClN3O2/c1-12-10-15(18-22-12)16(21)20-8-6-19(7-9-20)11-13-4-2-3-5-14(13)17/h2-5,10H,6-9,11H2,1H3. The van der Waals surface area contributed by atoms with Gasteiger partial charge in [0.25, 0.3) is 5.91 Å². The van der Waals surface area contributed by atoms with Crippen molar-refractivity contribution in [1.82, 2.24) is 15.0 Å². The van der Waals surface area contributed by atoms with Gasteiger partial charge in [-0.1, -0.05) is 35.0 Å². The lowest BCUT2D eigenvalue weighted by Gasteiger charge is -2.34. The highest BCUT2D eigenvalue weighted by Gasteiger charge is 2.24. The monoisotopic (exact) mass is 319 g/mol. The molecule has 0 atom stereocenters. The minimum absolute atomic E-state index is 0.0609. The first-order chi connectivity index (χ1) is 10.6. The summed E-state index contributed by atoms with van der Waals surface area (Å²) < 4.78 is 4.97. The van der Waals surface area contributed by atoms with Crippen molar-refractivity contribution in [2.45, 2.75) is 13.5 Å². The molecular weight excluding hydrogens is 302 g/mol. The Kier molecular flexibility index (Phi) is 4.45. The second kappa shape index (κ2) is 6.50. The van der Waals surface area contributed by atoms with Crippen molar-refractivity contribution >= 4 is 17.5 Å². The molecule has 0 aliphatic carbocycles.